The van der Waals surface area contributed by atoms with Crippen molar-refractivity contribution < 1.29 is 9.18 Å². The molecule has 0 aliphatic heterocycles. The second-order valence-corrected chi connectivity index (χ2v) is 5.80. The van der Waals surface area contributed by atoms with Crippen molar-refractivity contribution >= 4 is 33.5 Å². The molecular formula is C15H12BrFOS. The van der Waals surface area contributed by atoms with Gasteiger partial charge >= 0.3 is 0 Å². The van der Waals surface area contributed by atoms with E-state index in [2.05, 4.69) is 15.9 Å². The molecule has 2 rings (SSSR count). The minimum Gasteiger partial charge on any atom is -0.294 e. The molecule has 0 aromatic heterocycles. The number of rotatable bonds is 4. The first-order chi connectivity index (χ1) is 9.10. The predicted octanol–water partition coefficient (Wildman–Crippen LogP) is 4.74. The van der Waals surface area contributed by atoms with E-state index in [1.165, 1.54) is 12.1 Å². The van der Waals surface area contributed by atoms with Crippen LogP contribution in [0.5, 0.6) is 0 Å². The first kappa shape index (κ1) is 14.3. The number of halogens is 2. The van der Waals surface area contributed by atoms with Crippen LogP contribution in [0.3, 0.4) is 0 Å². The Hall–Kier alpha value is -1.13. The number of hydrogen-bond acceptors (Lipinski definition) is 2. The second-order valence-electron chi connectivity index (χ2n) is 4.06. The highest BCUT2D eigenvalue weighted by Crippen LogP contribution is 2.21. The molecule has 0 bridgehead atoms. The highest BCUT2D eigenvalue weighted by atomic mass is 79.9. The third kappa shape index (κ3) is 3.67. The van der Waals surface area contributed by atoms with Crippen LogP contribution in [-0.2, 0) is 6.42 Å². The maximum atomic E-state index is 13.2. The van der Waals surface area contributed by atoms with Gasteiger partial charge in [0.1, 0.15) is 5.82 Å². The molecule has 0 fully saturated rings. The fourth-order valence-electron chi connectivity index (χ4n) is 1.73. The largest absolute Gasteiger partial charge is 0.294 e. The SMILES string of the molecule is CSc1ccc(C(=O)Cc2cc(F)ccc2Br)cc1. The quantitative estimate of drug-likeness (QED) is 0.591. The second kappa shape index (κ2) is 6.35. The number of carbonyl (C=O) groups is 1. The van der Waals surface area contributed by atoms with Gasteiger partial charge in [0.2, 0.25) is 0 Å². The van der Waals surface area contributed by atoms with Gasteiger partial charge in [0.15, 0.2) is 5.78 Å². The maximum Gasteiger partial charge on any atom is 0.167 e. The van der Waals surface area contributed by atoms with Crippen LogP contribution in [0.1, 0.15) is 15.9 Å². The third-order valence-electron chi connectivity index (χ3n) is 2.77. The number of carbonyl (C=O) groups excluding carboxylic acids is 1. The summed E-state index contributed by atoms with van der Waals surface area (Å²) < 4.78 is 13.9. The van der Waals surface area contributed by atoms with Gasteiger partial charge in [-0.2, -0.15) is 0 Å². The van der Waals surface area contributed by atoms with Gasteiger partial charge in [-0.1, -0.05) is 28.1 Å². The molecule has 0 aliphatic rings. The van der Waals surface area contributed by atoms with Gasteiger partial charge in [0, 0.05) is 21.4 Å². The standard InChI is InChI=1S/C15H12BrFOS/c1-19-13-5-2-10(3-6-13)15(18)9-11-8-12(17)4-7-14(11)16/h2-8H,9H2,1H3. The Bertz CT molecular complexity index is 596. The van der Waals surface area contributed by atoms with E-state index in [4.69, 9.17) is 0 Å². The van der Waals surface area contributed by atoms with Gasteiger partial charge in [-0.3, -0.25) is 4.79 Å². The van der Waals surface area contributed by atoms with E-state index in [-0.39, 0.29) is 18.0 Å². The molecule has 0 saturated heterocycles. The fourth-order valence-corrected chi connectivity index (χ4v) is 2.53. The summed E-state index contributed by atoms with van der Waals surface area (Å²) in [5, 5.41) is 0. The minimum atomic E-state index is -0.330. The first-order valence-corrected chi connectivity index (χ1v) is 7.73. The van der Waals surface area contributed by atoms with Crippen molar-refractivity contribution in [2.24, 2.45) is 0 Å². The molecule has 4 heteroatoms. The monoisotopic (exact) mass is 338 g/mol. The molecule has 0 amide bonds. The summed E-state index contributed by atoms with van der Waals surface area (Å²) in [6, 6.07) is 11.8. The Morgan fingerprint density at radius 3 is 2.53 bits per heavy atom. The van der Waals surface area contributed by atoms with Crippen LogP contribution in [0.15, 0.2) is 51.8 Å². The number of benzene rings is 2. The Labute approximate surface area is 124 Å². The van der Waals surface area contributed by atoms with Crippen LogP contribution >= 0.6 is 27.7 Å². The maximum absolute atomic E-state index is 13.2. The average molecular weight is 339 g/mol. The van der Waals surface area contributed by atoms with Gasteiger partial charge in [0.25, 0.3) is 0 Å². The summed E-state index contributed by atoms with van der Waals surface area (Å²) >= 11 is 4.96. The summed E-state index contributed by atoms with van der Waals surface area (Å²) in [7, 11) is 0. The lowest BCUT2D eigenvalue weighted by atomic mass is 10.0. The molecule has 0 radical (unpaired) electrons. The van der Waals surface area contributed by atoms with Crippen molar-refractivity contribution in [3.8, 4) is 0 Å². The molecule has 0 N–H and O–H groups in total. The van der Waals surface area contributed by atoms with E-state index in [1.54, 1.807) is 30.0 Å². The Balaban J connectivity index is 2.18. The first-order valence-electron chi connectivity index (χ1n) is 5.71. The zero-order chi connectivity index (χ0) is 13.8. The predicted molar refractivity (Wildman–Crippen MR) is 80.4 cm³/mol. The van der Waals surface area contributed by atoms with Crippen molar-refractivity contribution in [1.29, 1.82) is 0 Å². The van der Waals surface area contributed by atoms with Crippen LogP contribution in [0.4, 0.5) is 4.39 Å². The molecule has 19 heavy (non-hydrogen) atoms. The third-order valence-corrected chi connectivity index (χ3v) is 4.29. The van der Waals surface area contributed by atoms with Crippen LogP contribution in [-0.4, -0.2) is 12.0 Å². The van der Waals surface area contributed by atoms with E-state index in [1.807, 2.05) is 18.4 Å². The van der Waals surface area contributed by atoms with Crippen LogP contribution < -0.4 is 0 Å². The Kier molecular flexibility index (Phi) is 4.77. The van der Waals surface area contributed by atoms with Crippen molar-refractivity contribution in [2.45, 2.75) is 11.3 Å². The van der Waals surface area contributed by atoms with Gasteiger partial charge in [-0.25, -0.2) is 4.39 Å². The molecule has 0 aliphatic carbocycles. The van der Waals surface area contributed by atoms with Gasteiger partial charge < -0.3 is 0 Å². The topological polar surface area (TPSA) is 17.1 Å². The number of Topliss-reactive ketones (excluding diaryl/α,β-unsaturated/α-hetero) is 1. The molecule has 2 aromatic rings. The van der Waals surface area contributed by atoms with Crippen molar-refractivity contribution in [3.05, 3.63) is 63.9 Å². The Morgan fingerprint density at radius 2 is 1.89 bits per heavy atom. The zero-order valence-corrected chi connectivity index (χ0v) is 12.7. The molecule has 0 atom stereocenters. The number of thioether (sulfide) groups is 1. The van der Waals surface area contributed by atoms with Crippen LogP contribution in [0.25, 0.3) is 0 Å². The van der Waals surface area contributed by atoms with Crippen molar-refractivity contribution in [3.63, 3.8) is 0 Å². The van der Waals surface area contributed by atoms with E-state index in [0.29, 0.717) is 11.1 Å². The molecule has 1 nitrogen and oxygen atoms in total. The molecule has 0 heterocycles. The molecule has 0 saturated carbocycles. The molecular weight excluding hydrogens is 327 g/mol. The van der Waals surface area contributed by atoms with E-state index < -0.39 is 0 Å². The lowest BCUT2D eigenvalue weighted by Gasteiger charge is -2.05. The van der Waals surface area contributed by atoms with Crippen molar-refractivity contribution in [1.82, 2.24) is 0 Å². The lowest BCUT2D eigenvalue weighted by Crippen LogP contribution is -2.04. The fraction of sp³-hybridized carbons (Fsp3) is 0.133. The average Bonchev–Trinajstić information content (AvgIpc) is 2.43. The van der Waals surface area contributed by atoms with Crippen LogP contribution in [0, 0.1) is 5.82 Å². The summed E-state index contributed by atoms with van der Waals surface area (Å²) in [5.41, 5.74) is 1.31. The van der Waals surface area contributed by atoms with E-state index in [0.717, 1.165) is 9.37 Å². The number of ketones is 1. The van der Waals surface area contributed by atoms with E-state index in [9.17, 15) is 9.18 Å². The highest BCUT2D eigenvalue weighted by Gasteiger charge is 2.10. The minimum absolute atomic E-state index is 0.0149. The van der Waals surface area contributed by atoms with Crippen LogP contribution in [0.2, 0.25) is 0 Å². The normalized spacial score (nSPS) is 10.5. The molecule has 0 spiro atoms. The molecule has 0 unspecified atom stereocenters. The smallest absolute Gasteiger partial charge is 0.167 e. The highest BCUT2D eigenvalue weighted by molar-refractivity contribution is 9.10. The zero-order valence-electron chi connectivity index (χ0n) is 10.3. The summed E-state index contributed by atoms with van der Waals surface area (Å²) in [5.74, 6) is -0.345. The number of hydrogen-bond donors (Lipinski definition) is 0. The van der Waals surface area contributed by atoms with Gasteiger partial charge in [-0.05, 0) is 42.2 Å². The van der Waals surface area contributed by atoms with E-state index >= 15 is 0 Å². The van der Waals surface area contributed by atoms with Gasteiger partial charge in [0.05, 0.1) is 0 Å². The van der Waals surface area contributed by atoms with Gasteiger partial charge in [-0.15, -0.1) is 11.8 Å². The summed E-state index contributed by atoms with van der Waals surface area (Å²) in [6.07, 6.45) is 2.18. The summed E-state index contributed by atoms with van der Waals surface area (Å²) in [4.78, 5) is 13.2. The molecule has 98 valence electrons. The lowest BCUT2D eigenvalue weighted by molar-refractivity contribution is 0.0992. The Morgan fingerprint density at radius 1 is 1.21 bits per heavy atom. The van der Waals surface area contributed by atoms with Crippen molar-refractivity contribution in [2.75, 3.05) is 6.26 Å². The molecule has 2 aromatic carbocycles. The summed E-state index contributed by atoms with van der Waals surface area (Å²) in [6.45, 7) is 0.